The highest BCUT2D eigenvalue weighted by Crippen LogP contribution is 2.33. The van der Waals surface area contributed by atoms with Gasteiger partial charge in [-0.1, -0.05) is 36.4 Å². The molecule has 0 aliphatic heterocycles. The van der Waals surface area contributed by atoms with Crippen molar-refractivity contribution in [2.75, 3.05) is 0 Å². The van der Waals surface area contributed by atoms with Crippen molar-refractivity contribution in [2.45, 2.75) is 6.92 Å². The second kappa shape index (κ2) is 7.15. The summed E-state index contributed by atoms with van der Waals surface area (Å²) in [5, 5.41) is 4.38. The van der Waals surface area contributed by atoms with Crippen LogP contribution in [0.1, 0.15) is 5.56 Å². The predicted octanol–water partition coefficient (Wildman–Crippen LogP) is 5.99. The van der Waals surface area contributed by atoms with E-state index in [1.165, 1.54) is 0 Å². The summed E-state index contributed by atoms with van der Waals surface area (Å²) in [6, 6.07) is 29.2. The van der Waals surface area contributed by atoms with Crippen LogP contribution in [0.3, 0.4) is 0 Å². The van der Waals surface area contributed by atoms with Crippen molar-refractivity contribution >= 4 is 27.8 Å². The molecule has 3 aromatic carbocycles. The third kappa shape index (κ3) is 2.72. The molecule has 0 N–H and O–H groups in total. The number of hydrogen-bond donors (Lipinski definition) is 0. The van der Waals surface area contributed by atoms with Crippen LogP contribution in [-0.4, -0.2) is 28.7 Å². The summed E-state index contributed by atoms with van der Waals surface area (Å²) >= 11 is 0. The maximum atomic E-state index is 5.05. The van der Waals surface area contributed by atoms with Crippen molar-refractivity contribution in [3.63, 3.8) is 0 Å². The molecule has 0 aliphatic rings. The Morgan fingerprint density at radius 1 is 0.706 bits per heavy atom. The molecule has 0 saturated heterocycles. The number of nitrogens with zero attached hydrogens (tertiary/aromatic N) is 6. The predicted molar refractivity (Wildman–Crippen MR) is 135 cm³/mol. The maximum absolute atomic E-state index is 5.05. The number of imidazole rings is 2. The fraction of sp³-hybridized carbons (Fsp3) is 0.0357. The summed E-state index contributed by atoms with van der Waals surface area (Å²) < 4.78 is 6.26. The summed E-state index contributed by atoms with van der Waals surface area (Å²) in [6.45, 7) is 2.10. The van der Waals surface area contributed by atoms with Crippen molar-refractivity contribution in [3.8, 4) is 22.6 Å². The van der Waals surface area contributed by atoms with Gasteiger partial charge in [0.25, 0.3) is 0 Å². The number of benzene rings is 3. The standard InChI is InChI=1S/C28H20N6/c1-19-7-4-10-24-27(19)31-28-33(24)23-13-12-21(18-25(23)34(28)26-11-2-3-14-29-26)20-8-5-9-22(17-20)32-16-6-15-30-32/h2-18H,1H3. The van der Waals surface area contributed by atoms with Crippen molar-refractivity contribution in [1.82, 2.24) is 28.7 Å². The van der Waals surface area contributed by atoms with Crippen LogP contribution in [0.15, 0.2) is 104 Å². The van der Waals surface area contributed by atoms with Crippen molar-refractivity contribution in [2.24, 2.45) is 0 Å². The Morgan fingerprint density at radius 3 is 2.47 bits per heavy atom. The third-order valence-corrected chi connectivity index (χ3v) is 6.35. The van der Waals surface area contributed by atoms with E-state index in [0.29, 0.717) is 0 Å². The summed E-state index contributed by atoms with van der Waals surface area (Å²) in [5.74, 6) is 1.71. The number of hydrogen-bond acceptors (Lipinski definition) is 3. The van der Waals surface area contributed by atoms with E-state index >= 15 is 0 Å². The van der Waals surface area contributed by atoms with Gasteiger partial charge >= 0.3 is 0 Å². The van der Waals surface area contributed by atoms with Gasteiger partial charge in [-0.25, -0.2) is 14.6 Å². The molecule has 4 aromatic heterocycles. The lowest BCUT2D eigenvalue weighted by Crippen LogP contribution is -1.97. The second-order valence-electron chi connectivity index (χ2n) is 8.42. The van der Waals surface area contributed by atoms with Crippen LogP contribution in [0.5, 0.6) is 0 Å². The van der Waals surface area contributed by atoms with E-state index in [1.54, 1.807) is 6.20 Å². The Morgan fingerprint density at radius 2 is 1.62 bits per heavy atom. The quantitative estimate of drug-likeness (QED) is 0.339. The highest BCUT2D eigenvalue weighted by atomic mass is 15.3. The Balaban J connectivity index is 1.53. The highest BCUT2D eigenvalue weighted by molar-refractivity contribution is 5.94. The first-order valence-corrected chi connectivity index (χ1v) is 11.2. The molecule has 0 amide bonds. The molecule has 0 atom stereocenters. The molecule has 7 rings (SSSR count). The van der Waals surface area contributed by atoms with E-state index in [9.17, 15) is 0 Å². The minimum atomic E-state index is 0.845. The number of aromatic nitrogens is 6. The topological polar surface area (TPSA) is 52.9 Å². The molecule has 6 heteroatoms. The molecule has 34 heavy (non-hydrogen) atoms. The molecule has 0 aliphatic carbocycles. The summed E-state index contributed by atoms with van der Waals surface area (Å²) in [6.07, 6.45) is 5.57. The van der Waals surface area contributed by atoms with Crippen molar-refractivity contribution < 1.29 is 0 Å². The number of pyridine rings is 1. The number of aryl methyl sites for hydroxylation is 1. The van der Waals surface area contributed by atoms with Crippen molar-refractivity contribution in [3.05, 3.63) is 109 Å². The van der Waals surface area contributed by atoms with E-state index in [4.69, 9.17) is 4.98 Å². The van der Waals surface area contributed by atoms with Gasteiger partial charge in [-0.15, -0.1) is 0 Å². The molecular weight excluding hydrogens is 420 g/mol. The second-order valence-corrected chi connectivity index (χ2v) is 8.42. The van der Waals surface area contributed by atoms with Crippen LogP contribution in [0, 0.1) is 6.92 Å². The fourth-order valence-electron chi connectivity index (χ4n) is 4.75. The zero-order chi connectivity index (χ0) is 22.6. The molecule has 4 heterocycles. The van der Waals surface area contributed by atoms with E-state index in [0.717, 1.165) is 56.0 Å². The monoisotopic (exact) mass is 440 g/mol. The third-order valence-electron chi connectivity index (χ3n) is 6.35. The van der Waals surface area contributed by atoms with E-state index in [1.807, 2.05) is 41.3 Å². The van der Waals surface area contributed by atoms with Gasteiger partial charge in [-0.05, 0) is 72.1 Å². The molecule has 0 bridgehead atoms. The lowest BCUT2D eigenvalue weighted by atomic mass is 10.0. The molecule has 162 valence electrons. The van der Waals surface area contributed by atoms with Gasteiger partial charge in [0.15, 0.2) is 0 Å². The molecule has 0 saturated carbocycles. The van der Waals surface area contributed by atoms with E-state index < -0.39 is 0 Å². The van der Waals surface area contributed by atoms with Gasteiger partial charge in [0.1, 0.15) is 5.82 Å². The first kappa shape index (κ1) is 18.8. The van der Waals surface area contributed by atoms with Crippen LogP contribution in [0.2, 0.25) is 0 Å². The zero-order valence-corrected chi connectivity index (χ0v) is 18.5. The lowest BCUT2D eigenvalue weighted by molar-refractivity contribution is 0.881. The minimum Gasteiger partial charge on any atom is -0.276 e. The molecule has 0 unspecified atom stereocenters. The van der Waals surface area contributed by atoms with Gasteiger partial charge in [-0.2, -0.15) is 5.10 Å². The Hall–Kier alpha value is -4.71. The summed E-state index contributed by atoms with van der Waals surface area (Å²) in [5.41, 5.74) is 8.71. The minimum absolute atomic E-state index is 0.845. The SMILES string of the molecule is Cc1cccc2c1nc1n(-c3ccccn3)c3cc(-c4cccc(-n5cccn5)c4)ccc3n21. The highest BCUT2D eigenvalue weighted by Gasteiger charge is 2.19. The van der Waals surface area contributed by atoms with Crippen LogP contribution in [0.4, 0.5) is 0 Å². The van der Waals surface area contributed by atoms with Crippen LogP contribution >= 0.6 is 0 Å². The fourth-order valence-corrected chi connectivity index (χ4v) is 4.75. The van der Waals surface area contributed by atoms with Crippen LogP contribution in [-0.2, 0) is 0 Å². The zero-order valence-electron chi connectivity index (χ0n) is 18.5. The number of para-hydroxylation sites is 1. The smallest absolute Gasteiger partial charge is 0.221 e. The Kier molecular flexibility index (Phi) is 3.96. The Labute approximate surface area is 195 Å². The van der Waals surface area contributed by atoms with Gasteiger partial charge in [0, 0.05) is 18.6 Å². The lowest BCUT2D eigenvalue weighted by Gasteiger charge is -2.08. The van der Waals surface area contributed by atoms with Gasteiger partial charge in [0.2, 0.25) is 5.78 Å². The summed E-state index contributed by atoms with van der Waals surface area (Å²) in [7, 11) is 0. The first-order valence-electron chi connectivity index (χ1n) is 11.2. The van der Waals surface area contributed by atoms with Gasteiger partial charge in [0.05, 0.1) is 27.8 Å². The van der Waals surface area contributed by atoms with E-state index in [2.05, 4.69) is 86.6 Å². The van der Waals surface area contributed by atoms with Gasteiger partial charge in [-0.3, -0.25) is 8.97 Å². The van der Waals surface area contributed by atoms with Crippen molar-refractivity contribution in [1.29, 1.82) is 0 Å². The summed E-state index contributed by atoms with van der Waals surface area (Å²) in [4.78, 5) is 9.72. The largest absolute Gasteiger partial charge is 0.276 e. The Bertz CT molecular complexity index is 1810. The normalized spacial score (nSPS) is 11.7. The first-order chi connectivity index (χ1) is 16.8. The van der Waals surface area contributed by atoms with Crippen LogP contribution in [0.25, 0.3) is 50.5 Å². The molecule has 6 nitrogen and oxygen atoms in total. The number of fused-ring (bicyclic) bond motifs is 5. The molecule has 0 radical (unpaired) electrons. The average molecular weight is 441 g/mol. The van der Waals surface area contributed by atoms with Crippen LogP contribution < -0.4 is 0 Å². The molecule has 0 spiro atoms. The molecule has 7 aromatic rings. The molecule has 0 fully saturated rings. The maximum Gasteiger partial charge on any atom is 0.221 e. The average Bonchev–Trinajstić information content (AvgIpc) is 3.60. The number of rotatable bonds is 3. The van der Waals surface area contributed by atoms with Gasteiger partial charge < -0.3 is 0 Å². The van der Waals surface area contributed by atoms with E-state index in [-0.39, 0.29) is 0 Å². The molecular formula is C28H20N6.